The van der Waals surface area contributed by atoms with E-state index in [-0.39, 0.29) is 21.2 Å². The van der Waals surface area contributed by atoms with Crippen molar-refractivity contribution in [1.29, 1.82) is 0 Å². The van der Waals surface area contributed by atoms with Gasteiger partial charge >= 0.3 is 34.5 Å². The molecule has 0 amide bonds. The van der Waals surface area contributed by atoms with Gasteiger partial charge in [0, 0.05) is 6.04 Å². The summed E-state index contributed by atoms with van der Waals surface area (Å²) in [4.78, 5) is 0. The minimum atomic E-state index is -0.937. The van der Waals surface area contributed by atoms with Crippen LogP contribution in [-0.4, -0.2) is 0 Å². The molecule has 0 aliphatic rings. The summed E-state index contributed by atoms with van der Waals surface area (Å²) in [6.07, 6.45) is 0. The van der Waals surface area contributed by atoms with Gasteiger partial charge in [-0.1, -0.05) is 233 Å². The van der Waals surface area contributed by atoms with Crippen LogP contribution >= 0.6 is 35.2 Å². The molecule has 1 atom stereocenters. The molecule has 10 aromatic carbocycles. The van der Waals surface area contributed by atoms with Crippen molar-refractivity contribution in [2.24, 2.45) is 11.5 Å². The minimum absolute atomic E-state index is 0.247. The van der Waals surface area contributed by atoms with Gasteiger partial charge in [-0.3, -0.25) is 0 Å². The second-order valence-corrected chi connectivity index (χ2v) is 26.2. The van der Waals surface area contributed by atoms with Crippen molar-refractivity contribution in [3.05, 3.63) is 268 Å². The van der Waals surface area contributed by atoms with Gasteiger partial charge in [0.1, 0.15) is 0 Å². The predicted octanol–water partition coefficient (Wildman–Crippen LogP) is 15.2. The summed E-state index contributed by atoms with van der Waals surface area (Å²) in [5.41, 5.74) is 27.4. The summed E-state index contributed by atoms with van der Waals surface area (Å²) >= 11 is -0.346. The fourth-order valence-electron chi connectivity index (χ4n) is 10.2. The normalized spacial score (nSPS) is 11.6. The molecule has 0 saturated heterocycles. The van der Waals surface area contributed by atoms with Crippen LogP contribution in [0.15, 0.2) is 206 Å². The fraction of sp³-hybridized carbons (Fsp3) is 0.136. The first kappa shape index (κ1) is 53.9. The molecule has 2 nitrogen and oxygen atoms in total. The summed E-state index contributed by atoms with van der Waals surface area (Å²) in [6.45, 7) is 18.0. The summed E-state index contributed by atoms with van der Waals surface area (Å²) in [5, 5.41) is 13.6. The Morgan fingerprint density at radius 3 is 1.00 bits per heavy atom. The third kappa shape index (κ3) is 12.9. The number of benzene rings is 10. The molecule has 0 bridgehead atoms. The van der Waals surface area contributed by atoms with E-state index in [2.05, 4.69) is 201 Å². The van der Waals surface area contributed by atoms with E-state index in [1.54, 1.807) is 0 Å². The Bertz CT molecular complexity index is 3090. The molecule has 4 N–H and O–H groups in total. The van der Waals surface area contributed by atoms with E-state index in [0.717, 1.165) is 11.1 Å². The Hall–Kier alpha value is -5.43. The maximum atomic E-state index is 6.11. The molecule has 1 unspecified atom stereocenters. The van der Waals surface area contributed by atoms with Gasteiger partial charge < -0.3 is 11.5 Å². The monoisotopic (exact) mass is 1120 g/mol. The van der Waals surface area contributed by atoms with Crippen LogP contribution in [0.5, 0.6) is 0 Å². The predicted molar refractivity (Wildman–Crippen MR) is 320 cm³/mol. The van der Waals surface area contributed by atoms with Crippen LogP contribution < -0.4 is 43.3 Å². The first-order valence-electron chi connectivity index (χ1n) is 24.5. The van der Waals surface area contributed by atoms with E-state index in [0.29, 0.717) is 6.04 Å². The Labute approximate surface area is 452 Å². The molecule has 7 heteroatoms. The second-order valence-electron chi connectivity index (χ2n) is 19.2. The topological polar surface area (TPSA) is 52.0 Å². The van der Waals surface area contributed by atoms with Crippen molar-refractivity contribution in [1.82, 2.24) is 0 Å². The van der Waals surface area contributed by atoms with Gasteiger partial charge in [0.05, 0.1) is 0 Å². The number of fused-ring (bicyclic) bond motifs is 2. The van der Waals surface area contributed by atoms with Crippen LogP contribution in [0, 0.1) is 61.4 Å². The Morgan fingerprint density at radius 1 is 0.384 bits per heavy atom. The average Bonchev–Trinajstić information content (AvgIpc) is 3.36. The van der Waals surface area contributed by atoms with Crippen LogP contribution in [0.4, 0.5) is 0 Å². The van der Waals surface area contributed by atoms with Gasteiger partial charge in [-0.2, -0.15) is 17.7 Å². The van der Waals surface area contributed by atoms with Gasteiger partial charge in [0.15, 0.2) is 0 Å². The van der Waals surface area contributed by atoms with Crippen LogP contribution in [-0.2, 0) is 15.1 Å². The van der Waals surface area contributed by atoms with E-state index < -0.39 is 15.8 Å². The molecule has 10 rings (SSSR count). The molecule has 0 radical (unpaired) electrons. The van der Waals surface area contributed by atoms with Crippen molar-refractivity contribution in [3.8, 4) is 11.1 Å². The number of nitrogens with two attached hydrogens (primary N) is 2. The van der Waals surface area contributed by atoms with Crippen molar-refractivity contribution in [2.75, 3.05) is 0 Å². The van der Waals surface area contributed by atoms with Crippen molar-refractivity contribution in [3.63, 3.8) is 0 Å². The molecule has 0 fully saturated rings. The van der Waals surface area contributed by atoms with E-state index in [9.17, 15) is 0 Å². The third-order valence-electron chi connectivity index (χ3n) is 13.0. The molecule has 73 heavy (non-hydrogen) atoms. The van der Waals surface area contributed by atoms with Crippen LogP contribution in [0.2, 0.25) is 0 Å². The van der Waals surface area contributed by atoms with E-state index in [1.807, 2.05) is 60.7 Å². The quantitative estimate of drug-likeness (QED) is 0.0815. The van der Waals surface area contributed by atoms with E-state index in [1.165, 1.54) is 109 Å². The zero-order chi connectivity index (χ0) is 51.8. The summed E-state index contributed by atoms with van der Waals surface area (Å²) < 4.78 is 0. The molecule has 10 aromatic rings. The summed E-state index contributed by atoms with van der Waals surface area (Å²) in [5.74, 6) is 0. The van der Waals surface area contributed by atoms with Crippen LogP contribution in [0.25, 0.3) is 32.7 Å². The standard InChI is InChI=1S/C52H48P2.C14H15N2.2ClH.Ru/c1-33-21-34(2)26-43(25-33)53(44-27-35(3)22-36(4)28-44)49-19-17-41-13-9-11-15-47(41)51(49)52-48-16-12-10-14-42(48)18-20-50(52)54(45-29-37(5)23-38(6)30-45)46-31-39(7)24-40(8)32-46;15-13(11-7-3-1-4-8-11)14(16)12-9-5-2-6-10-12;;;/h9-32H,1-8H3;1-10,13H,15-16H2;2*1H;/q;-1;;;+2/p-2. The zero-order valence-electron chi connectivity index (χ0n) is 42.9. The SMILES string of the molecule is Cc1cc(C)cc(P(c2cc(C)cc(C)c2)c2ccc3ccccc3c2-c2c(P(c3cc(C)cc(C)c3)c3cc(C)cc(C)c3)ccc3ccccc23)c1.N[C-](c1ccccc1)C(N)c1ccccc1.[Cl][Ru][Cl]. The van der Waals surface area contributed by atoms with E-state index >= 15 is 0 Å². The summed E-state index contributed by atoms with van der Waals surface area (Å²) in [6, 6.07) is 76.7. The molecule has 0 aliphatic heterocycles. The van der Waals surface area contributed by atoms with Crippen LogP contribution in [0.1, 0.15) is 61.7 Å². The molecule has 0 aliphatic carbocycles. The molecule has 0 saturated carbocycles. The van der Waals surface area contributed by atoms with Gasteiger partial charge in [0.25, 0.3) is 0 Å². The molecule has 0 heterocycles. The number of rotatable bonds is 10. The molecular formula is C66H63Cl2N2P2Ru-. The zero-order valence-corrected chi connectivity index (χ0v) is 47.9. The fourth-order valence-corrected chi connectivity index (χ4v) is 16.0. The van der Waals surface area contributed by atoms with Gasteiger partial charge in [-0.15, -0.1) is 12.1 Å². The van der Waals surface area contributed by atoms with Gasteiger partial charge in [0.2, 0.25) is 0 Å². The van der Waals surface area contributed by atoms with Crippen molar-refractivity contribution >= 4 is 88.6 Å². The Kier molecular flexibility index (Phi) is 18.2. The molecular weight excluding hydrogens is 1050 g/mol. The molecule has 370 valence electrons. The Morgan fingerprint density at radius 2 is 0.671 bits per heavy atom. The number of hydrogen-bond donors (Lipinski definition) is 2. The van der Waals surface area contributed by atoms with Gasteiger partial charge in [-0.05, 0) is 141 Å². The van der Waals surface area contributed by atoms with Crippen LogP contribution in [0.3, 0.4) is 0 Å². The molecule has 0 spiro atoms. The third-order valence-corrected chi connectivity index (χ3v) is 17.8. The summed E-state index contributed by atoms with van der Waals surface area (Å²) in [7, 11) is 7.83. The van der Waals surface area contributed by atoms with Crippen molar-refractivity contribution in [2.45, 2.75) is 61.4 Å². The van der Waals surface area contributed by atoms with Gasteiger partial charge in [-0.25, -0.2) is 0 Å². The van der Waals surface area contributed by atoms with E-state index in [4.69, 9.17) is 30.8 Å². The number of hydrogen-bond acceptors (Lipinski definition) is 2. The number of aryl methyl sites for hydroxylation is 8. The maximum absolute atomic E-state index is 6.11. The number of halogens is 2. The average molecular weight is 1120 g/mol. The molecule has 0 aromatic heterocycles. The first-order valence-corrected chi connectivity index (χ1v) is 31.7. The van der Waals surface area contributed by atoms with Crippen molar-refractivity contribution < 1.29 is 15.1 Å². The second kappa shape index (κ2) is 24.7. The Balaban J connectivity index is 0.000000314. The first-order chi connectivity index (χ1) is 35.2.